The van der Waals surface area contributed by atoms with E-state index in [0.29, 0.717) is 18.8 Å². The van der Waals surface area contributed by atoms with Crippen molar-refractivity contribution in [2.75, 3.05) is 30.4 Å². The molecule has 5 rings (SSSR count). The molecule has 11 heteroatoms. The number of oxazole rings is 1. The third kappa shape index (κ3) is 4.93. The molecule has 186 valence electrons. The molecule has 2 aliphatic carbocycles. The van der Waals surface area contributed by atoms with Gasteiger partial charge in [-0.15, -0.1) is 0 Å². The summed E-state index contributed by atoms with van der Waals surface area (Å²) in [4.78, 5) is 18.6. The summed E-state index contributed by atoms with van der Waals surface area (Å²) >= 11 is 0. The number of halogens is 3. The predicted octanol–water partition coefficient (Wildman–Crippen LogP) is 4.31. The Hall–Kier alpha value is -3.26. The van der Waals surface area contributed by atoms with Gasteiger partial charge in [0.25, 0.3) is 11.9 Å². The molecule has 8 nitrogen and oxygen atoms in total. The molecular weight excluding hydrogens is 465 g/mol. The fourth-order valence-electron chi connectivity index (χ4n) is 4.90. The van der Waals surface area contributed by atoms with Crippen molar-refractivity contribution in [3.05, 3.63) is 35.2 Å². The molecule has 1 saturated heterocycles. The molecule has 3 fully saturated rings. The molecule has 2 heterocycles. The summed E-state index contributed by atoms with van der Waals surface area (Å²) in [5.74, 6) is 0.444. The van der Waals surface area contributed by atoms with Crippen LogP contribution in [0.5, 0.6) is 5.75 Å². The number of methoxy groups -OCH3 is 1. The Kier molecular flexibility index (Phi) is 5.67. The Morgan fingerprint density at radius 3 is 2.66 bits per heavy atom. The summed E-state index contributed by atoms with van der Waals surface area (Å²) in [5.41, 5.74) is -0.435. The van der Waals surface area contributed by atoms with Crippen LogP contribution >= 0.6 is 0 Å². The Balaban J connectivity index is 1.32. The van der Waals surface area contributed by atoms with Crippen LogP contribution in [0.2, 0.25) is 0 Å². The van der Waals surface area contributed by atoms with Crippen molar-refractivity contribution in [1.82, 2.24) is 4.98 Å². The van der Waals surface area contributed by atoms with Crippen LogP contribution in [0.3, 0.4) is 0 Å². The Morgan fingerprint density at radius 1 is 1.31 bits per heavy atom. The van der Waals surface area contributed by atoms with Gasteiger partial charge in [0.05, 0.1) is 24.8 Å². The SMILES string of the molecule is COC1(C)CN(c2nc(C(=O)Nc3ccc(OC4CC5C[C@H]5C4)c(C#N)c3)c(CC(F)(F)F)o2)C1. The maximum Gasteiger partial charge on any atom is 0.396 e. The molecule has 1 aliphatic heterocycles. The number of carbonyl (C=O) groups is 1. The van der Waals surface area contributed by atoms with Gasteiger partial charge in [0.1, 0.15) is 29.6 Å². The smallest absolute Gasteiger partial charge is 0.396 e. The van der Waals surface area contributed by atoms with Crippen molar-refractivity contribution in [3.8, 4) is 11.8 Å². The Morgan fingerprint density at radius 2 is 2.03 bits per heavy atom. The van der Waals surface area contributed by atoms with Gasteiger partial charge in [-0.25, -0.2) is 0 Å². The van der Waals surface area contributed by atoms with Gasteiger partial charge in [0.2, 0.25) is 0 Å². The normalized spacial score (nSPS) is 24.3. The quantitative estimate of drug-likeness (QED) is 0.617. The van der Waals surface area contributed by atoms with Crippen LogP contribution in [0, 0.1) is 23.2 Å². The average molecular weight is 490 g/mol. The molecular formula is C24H25F3N4O4. The van der Waals surface area contributed by atoms with Gasteiger partial charge in [-0.3, -0.25) is 4.79 Å². The number of ether oxygens (including phenoxy) is 2. The number of anilines is 2. The molecule has 0 spiro atoms. The van der Waals surface area contributed by atoms with Crippen LogP contribution in [0.4, 0.5) is 24.9 Å². The van der Waals surface area contributed by atoms with Crippen LogP contribution < -0.4 is 15.0 Å². The topological polar surface area (TPSA) is 101 Å². The maximum absolute atomic E-state index is 13.1. The molecule has 0 bridgehead atoms. The van der Waals surface area contributed by atoms with E-state index in [-0.39, 0.29) is 23.4 Å². The number of nitrogens with zero attached hydrogens (tertiary/aromatic N) is 3. The summed E-state index contributed by atoms with van der Waals surface area (Å²) in [6.07, 6.45) is -2.74. The fraction of sp³-hybridized carbons (Fsp3) is 0.542. The second-order valence-electron chi connectivity index (χ2n) is 9.81. The van der Waals surface area contributed by atoms with Crippen LogP contribution in [0.15, 0.2) is 22.6 Å². The largest absolute Gasteiger partial charge is 0.489 e. The Labute approximate surface area is 200 Å². The van der Waals surface area contributed by atoms with E-state index in [1.54, 1.807) is 24.1 Å². The zero-order valence-corrected chi connectivity index (χ0v) is 19.3. The molecule has 1 amide bonds. The molecule has 3 aliphatic rings. The molecule has 0 radical (unpaired) electrons. The number of fused-ring (bicyclic) bond motifs is 1. The summed E-state index contributed by atoms with van der Waals surface area (Å²) in [5, 5.41) is 12.1. The molecule has 1 aromatic carbocycles. The lowest BCUT2D eigenvalue weighted by Crippen LogP contribution is -2.61. The first-order chi connectivity index (χ1) is 16.6. The molecule has 1 aromatic heterocycles. The minimum absolute atomic E-state index is 0.0694. The average Bonchev–Trinajstić information content (AvgIpc) is 3.18. The number of nitriles is 1. The number of hydrogen-bond donors (Lipinski definition) is 1. The fourth-order valence-corrected chi connectivity index (χ4v) is 4.90. The van der Waals surface area contributed by atoms with Crippen LogP contribution in [0.25, 0.3) is 0 Å². The number of aromatic nitrogens is 1. The van der Waals surface area contributed by atoms with Crippen LogP contribution in [-0.2, 0) is 11.2 Å². The van der Waals surface area contributed by atoms with Gasteiger partial charge in [0.15, 0.2) is 5.69 Å². The standard InChI is InChI=1S/C24H25F3N4O4/c1-23(33-2)11-31(12-23)22-30-20(19(35-22)9-24(25,26)27)21(32)29-16-3-4-18(15(6-16)10-28)34-17-7-13-5-14(13)8-17/h3-4,6,13-14,17H,5,7-9,11-12H2,1-2H3,(H,29,32)/t13-,14?,17?/m0/s1. The van der Waals surface area contributed by atoms with E-state index in [1.165, 1.54) is 12.5 Å². The monoisotopic (exact) mass is 490 g/mol. The van der Waals surface area contributed by atoms with Crippen LogP contribution in [-0.4, -0.2) is 49.0 Å². The number of benzene rings is 1. The van der Waals surface area contributed by atoms with Gasteiger partial charge >= 0.3 is 6.18 Å². The van der Waals surface area contributed by atoms with Gasteiger partial charge in [-0.05, 0) is 56.2 Å². The zero-order valence-electron chi connectivity index (χ0n) is 19.3. The lowest BCUT2D eigenvalue weighted by molar-refractivity contribution is -0.130. The highest BCUT2D eigenvalue weighted by molar-refractivity contribution is 6.04. The second kappa shape index (κ2) is 8.45. The Bertz CT molecular complexity index is 1170. The predicted molar refractivity (Wildman–Crippen MR) is 118 cm³/mol. The lowest BCUT2D eigenvalue weighted by atomic mass is 9.97. The summed E-state index contributed by atoms with van der Waals surface area (Å²) in [7, 11) is 1.54. The minimum Gasteiger partial charge on any atom is -0.489 e. The summed E-state index contributed by atoms with van der Waals surface area (Å²) < 4.78 is 56.1. The first-order valence-electron chi connectivity index (χ1n) is 11.4. The summed E-state index contributed by atoms with van der Waals surface area (Å²) in [6, 6.07) is 6.57. The lowest BCUT2D eigenvalue weighted by Gasteiger charge is -2.45. The van der Waals surface area contributed by atoms with Gasteiger partial charge in [-0.1, -0.05) is 0 Å². The van der Waals surface area contributed by atoms with Gasteiger partial charge in [-0.2, -0.15) is 23.4 Å². The summed E-state index contributed by atoms with van der Waals surface area (Å²) in [6.45, 7) is 2.59. The van der Waals surface area contributed by atoms with Crippen molar-refractivity contribution in [2.45, 2.75) is 50.5 Å². The van der Waals surface area contributed by atoms with Crippen molar-refractivity contribution < 1.29 is 31.9 Å². The van der Waals surface area contributed by atoms with E-state index in [4.69, 9.17) is 13.9 Å². The highest BCUT2D eigenvalue weighted by Gasteiger charge is 2.47. The number of alkyl halides is 3. The van der Waals surface area contributed by atoms with E-state index in [0.717, 1.165) is 24.7 Å². The van der Waals surface area contributed by atoms with Crippen molar-refractivity contribution in [1.29, 1.82) is 5.26 Å². The van der Waals surface area contributed by atoms with E-state index in [2.05, 4.69) is 16.4 Å². The van der Waals surface area contributed by atoms with E-state index in [9.17, 15) is 23.2 Å². The number of hydrogen-bond acceptors (Lipinski definition) is 7. The van der Waals surface area contributed by atoms with E-state index >= 15 is 0 Å². The molecule has 3 atom stereocenters. The highest BCUT2D eigenvalue weighted by Crippen LogP contribution is 2.52. The van der Waals surface area contributed by atoms with Crippen molar-refractivity contribution in [3.63, 3.8) is 0 Å². The van der Waals surface area contributed by atoms with E-state index < -0.39 is 35.6 Å². The third-order valence-electron chi connectivity index (χ3n) is 6.93. The van der Waals surface area contributed by atoms with Gasteiger partial charge < -0.3 is 24.1 Å². The third-order valence-corrected chi connectivity index (χ3v) is 6.93. The molecule has 2 unspecified atom stereocenters. The molecule has 2 aromatic rings. The van der Waals surface area contributed by atoms with Crippen molar-refractivity contribution >= 4 is 17.6 Å². The minimum atomic E-state index is -4.59. The second-order valence-corrected chi connectivity index (χ2v) is 9.81. The first kappa shape index (κ1) is 23.5. The number of amides is 1. The number of carbonyl (C=O) groups excluding carboxylic acids is 1. The maximum atomic E-state index is 13.1. The number of rotatable bonds is 7. The molecule has 1 N–H and O–H groups in total. The molecule has 35 heavy (non-hydrogen) atoms. The number of nitrogens with one attached hydrogen (secondary N) is 1. The first-order valence-corrected chi connectivity index (χ1v) is 11.4. The molecule has 2 saturated carbocycles. The zero-order chi connectivity index (χ0) is 25.0. The van der Waals surface area contributed by atoms with E-state index in [1.807, 2.05) is 6.92 Å². The highest BCUT2D eigenvalue weighted by atomic mass is 19.4. The van der Waals surface area contributed by atoms with Crippen LogP contribution in [0.1, 0.15) is 48.0 Å². The van der Waals surface area contributed by atoms with Crippen molar-refractivity contribution in [2.24, 2.45) is 11.8 Å². The van der Waals surface area contributed by atoms with Gasteiger partial charge in [0, 0.05) is 12.8 Å².